The minimum Gasteiger partial charge on any atom is -0.326 e. The highest BCUT2D eigenvalue weighted by atomic mass is 35.5. The van der Waals surface area contributed by atoms with Crippen molar-refractivity contribution in [3.8, 4) is 5.82 Å². The summed E-state index contributed by atoms with van der Waals surface area (Å²) in [5, 5.41) is 11.4. The summed E-state index contributed by atoms with van der Waals surface area (Å²) in [4.78, 5) is 15.3. The molecule has 0 fully saturated rings. The zero-order valence-electron chi connectivity index (χ0n) is 10.5. The lowest BCUT2D eigenvalue weighted by atomic mass is 10.2. The number of fused-ring (bicyclic) bond motifs is 1. The number of rotatable bonds is 2. The Morgan fingerprint density at radius 2 is 2.15 bits per heavy atom. The maximum atomic E-state index is 11.1. The van der Waals surface area contributed by atoms with E-state index in [-0.39, 0.29) is 5.91 Å². The predicted molar refractivity (Wildman–Crippen MR) is 76.0 cm³/mol. The topological polar surface area (TPSA) is 72.7 Å². The van der Waals surface area contributed by atoms with Crippen molar-refractivity contribution in [2.45, 2.75) is 6.92 Å². The van der Waals surface area contributed by atoms with Gasteiger partial charge in [-0.1, -0.05) is 16.8 Å². The predicted octanol–water partition coefficient (Wildman–Crippen LogP) is 2.43. The summed E-state index contributed by atoms with van der Waals surface area (Å²) in [7, 11) is 0. The van der Waals surface area contributed by atoms with Crippen LogP contribution in [0.2, 0.25) is 5.02 Å². The Balaban J connectivity index is 2.14. The first kappa shape index (κ1) is 12.6. The summed E-state index contributed by atoms with van der Waals surface area (Å²) in [5.41, 5.74) is 2.13. The zero-order valence-corrected chi connectivity index (χ0v) is 11.3. The number of benzene rings is 1. The summed E-state index contributed by atoms with van der Waals surface area (Å²) in [6.45, 7) is 1.46. The summed E-state index contributed by atoms with van der Waals surface area (Å²) in [6.07, 6.45) is 1.60. The van der Waals surface area contributed by atoms with E-state index < -0.39 is 0 Å². The largest absolute Gasteiger partial charge is 0.326 e. The van der Waals surface area contributed by atoms with Crippen LogP contribution < -0.4 is 5.32 Å². The first-order valence-corrected chi connectivity index (χ1v) is 6.26. The highest BCUT2D eigenvalue weighted by Gasteiger charge is 2.09. The van der Waals surface area contributed by atoms with Crippen LogP contribution in [-0.4, -0.2) is 25.9 Å². The molecule has 0 radical (unpaired) electrons. The lowest BCUT2D eigenvalue weighted by Gasteiger charge is -2.04. The smallest absolute Gasteiger partial charge is 0.221 e. The van der Waals surface area contributed by atoms with Gasteiger partial charge in [0.25, 0.3) is 0 Å². The van der Waals surface area contributed by atoms with E-state index in [2.05, 4.69) is 20.6 Å². The van der Waals surface area contributed by atoms with Crippen LogP contribution in [0, 0.1) is 0 Å². The number of amides is 1. The standard InChI is InChI=1S/C13H10ClN5O/c1-8(20)16-10-2-3-11-12(7-10)19(18-17-11)13-6-9(14)4-5-15-13/h2-7H,1H3,(H,16,20). The number of hydrogen-bond donors (Lipinski definition) is 1. The molecule has 0 spiro atoms. The van der Waals surface area contributed by atoms with Gasteiger partial charge >= 0.3 is 0 Å². The Morgan fingerprint density at radius 3 is 2.90 bits per heavy atom. The summed E-state index contributed by atoms with van der Waals surface area (Å²) in [5.74, 6) is 0.434. The molecule has 6 nitrogen and oxygen atoms in total. The molecular formula is C13H10ClN5O. The number of nitrogens with zero attached hydrogens (tertiary/aromatic N) is 4. The van der Waals surface area contributed by atoms with E-state index >= 15 is 0 Å². The molecule has 1 N–H and O–H groups in total. The number of carbonyl (C=O) groups excluding carboxylic acids is 1. The van der Waals surface area contributed by atoms with Crippen molar-refractivity contribution in [2.75, 3.05) is 5.32 Å². The van der Waals surface area contributed by atoms with Crippen molar-refractivity contribution in [3.63, 3.8) is 0 Å². The zero-order chi connectivity index (χ0) is 14.1. The third-order valence-corrected chi connectivity index (χ3v) is 2.93. The Bertz CT molecular complexity index is 798. The Labute approximate surface area is 119 Å². The quantitative estimate of drug-likeness (QED) is 0.785. The molecule has 0 aliphatic carbocycles. The van der Waals surface area contributed by atoms with Gasteiger partial charge in [0.2, 0.25) is 5.91 Å². The fourth-order valence-corrected chi connectivity index (χ4v) is 2.03. The molecule has 0 atom stereocenters. The van der Waals surface area contributed by atoms with Crippen molar-refractivity contribution in [1.82, 2.24) is 20.0 Å². The van der Waals surface area contributed by atoms with Gasteiger partial charge in [-0.15, -0.1) is 5.10 Å². The molecule has 2 aromatic heterocycles. The van der Waals surface area contributed by atoms with Crippen LogP contribution in [0.1, 0.15) is 6.92 Å². The van der Waals surface area contributed by atoms with Crippen molar-refractivity contribution in [2.24, 2.45) is 0 Å². The molecule has 0 bridgehead atoms. The molecule has 20 heavy (non-hydrogen) atoms. The van der Waals surface area contributed by atoms with Gasteiger partial charge in [0.1, 0.15) is 5.52 Å². The van der Waals surface area contributed by atoms with Gasteiger partial charge in [-0.05, 0) is 24.3 Å². The normalized spacial score (nSPS) is 10.7. The van der Waals surface area contributed by atoms with Crippen molar-refractivity contribution in [1.29, 1.82) is 0 Å². The third-order valence-electron chi connectivity index (χ3n) is 2.69. The average molecular weight is 288 g/mol. The fourth-order valence-electron chi connectivity index (χ4n) is 1.88. The number of anilines is 1. The van der Waals surface area contributed by atoms with Gasteiger partial charge in [-0.2, -0.15) is 4.68 Å². The van der Waals surface area contributed by atoms with Crippen molar-refractivity contribution >= 4 is 34.2 Å². The van der Waals surface area contributed by atoms with E-state index in [4.69, 9.17) is 11.6 Å². The first-order valence-electron chi connectivity index (χ1n) is 5.88. The van der Waals surface area contributed by atoms with Crippen molar-refractivity contribution in [3.05, 3.63) is 41.6 Å². The third kappa shape index (κ3) is 2.33. The van der Waals surface area contributed by atoms with E-state index in [9.17, 15) is 4.79 Å². The summed E-state index contributed by atoms with van der Waals surface area (Å²) in [6, 6.07) is 8.73. The molecule has 3 aromatic rings. The van der Waals surface area contributed by atoms with Gasteiger partial charge < -0.3 is 5.32 Å². The molecule has 0 aliphatic heterocycles. The van der Waals surface area contributed by atoms with E-state index in [1.165, 1.54) is 6.92 Å². The minimum absolute atomic E-state index is 0.135. The van der Waals surface area contributed by atoms with Crippen LogP contribution in [0.3, 0.4) is 0 Å². The van der Waals surface area contributed by atoms with Crippen LogP contribution >= 0.6 is 11.6 Å². The van der Waals surface area contributed by atoms with Gasteiger partial charge in [0, 0.05) is 29.9 Å². The molecule has 0 unspecified atom stereocenters. The molecule has 0 saturated carbocycles. The van der Waals surface area contributed by atoms with Gasteiger partial charge in [-0.3, -0.25) is 4.79 Å². The van der Waals surface area contributed by atoms with Crippen molar-refractivity contribution < 1.29 is 4.79 Å². The fraction of sp³-hybridized carbons (Fsp3) is 0.0769. The van der Waals surface area contributed by atoms with Crippen LogP contribution in [-0.2, 0) is 4.79 Å². The van der Waals surface area contributed by atoms with Gasteiger partial charge in [0.05, 0.1) is 5.52 Å². The molecule has 1 aromatic carbocycles. The second-order valence-corrected chi connectivity index (χ2v) is 4.65. The summed E-state index contributed by atoms with van der Waals surface area (Å²) < 4.78 is 1.58. The van der Waals surface area contributed by atoms with E-state index in [1.807, 2.05) is 0 Å². The lowest BCUT2D eigenvalue weighted by Crippen LogP contribution is -2.06. The number of halogens is 1. The average Bonchev–Trinajstić information content (AvgIpc) is 2.81. The number of aromatic nitrogens is 4. The van der Waals surface area contributed by atoms with E-state index in [0.29, 0.717) is 22.0 Å². The Morgan fingerprint density at radius 1 is 1.30 bits per heavy atom. The van der Waals surface area contributed by atoms with Crippen LogP contribution in [0.25, 0.3) is 16.9 Å². The maximum absolute atomic E-state index is 11.1. The highest BCUT2D eigenvalue weighted by Crippen LogP contribution is 2.20. The van der Waals surface area contributed by atoms with Crippen LogP contribution in [0.5, 0.6) is 0 Å². The van der Waals surface area contributed by atoms with E-state index in [1.54, 1.807) is 41.2 Å². The SMILES string of the molecule is CC(=O)Nc1ccc2nnn(-c3cc(Cl)ccn3)c2c1. The van der Waals surface area contributed by atoms with Gasteiger partial charge in [-0.25, -0.2) is 4.98 Å². The van der Waals surface area contributed by atoms with Crippen LogP contribution in [0.15, 0.2) is 36.5 Å². The molecule has 2 heterocycles. The first-order chi connectivity index (χ1) is 9.63. The molecule has 100 valence electrons. The number of carbonyl (C=O) groups is 1. The number of hydrogen-bond acceptors (Lipinski definition) is 4. The van der Waals surface area contributed by atoms with E-state index in [0.717, 1.165) is 5.52 Å². The summed E-state index contributed by atoms with van der Waals surface area (Å²) >= 11 is 5.95. The lowest BCUT2D eigenvalue weighted by molar-refractivity contribution is -0.114. The Hall–Kier alpha value is -2.47. The molecule has 7 heteroatoms. The van der Waals surface area contributed by atoms with Gasteiger partial charge in [0.15, 0.2) is 5.82 Å². The monoisotopic (exact) mass is 287 g/mol. The second-order valence-electron chi connectivity index (χ2n) is 4.22. The minimum atomic E-state index is -0.135. The highest BCUT2D eigenvalue weighted by molar-refractivity contribution is 6.30. The molecular weight excluding hydrogens is 278 g/mol. The molecule has 0 aliphatic rings. The number of nitrogens with one attached hydrogen (secondary N) is 1. The molecule has 1 amide bonds. The number of pyridine rings is 1. The maximum Gasteiger partial charge on any atom is 0.221 e. The molecule has 0 saturated heterocycles. The Kier molecular flexibility index (Phi) is 3.08. The molecule has 3 rings (SSSR count). The second kappa shape index (κ2) is 4.90. The van der Waals surface area contributed by atoms with Crippen LogP contribution in [0.4, 0.5) is 5.69 Å².